The second-order valence-corrected chi connectivity index (χ2v) is 1.08. The molecule has 1 atom stereocenters. The van der Waals surface area contributed by atoms with Gasteiger partial charge in [-0.15, -0.1) is 0 Å². The molecule has 1 radical (unpaired) electrons. The van der Waals surface area contributed by atoms with Crippen molar-refractivity contribution in [1.82, 2.24) is 0 Å². The Labute approximate surface area is 35.9 Å². The van der Waals surface area contributed by atoms with Crippen LogP contribution in [0.2, 0.25) is 0 Å². The molecule has 0 heterocycles. The highest BCUT2D eigenvalue weighted by Gasteiger charge is 1.89. The van der Waals surface area contributed by atoms with Crippen LogP contribution in [-0.4, -0.2) is 5.63 Å². The van der Waals surface area contributed by atoms with Crippen molar-refractivity contribution in [2.75, 3.05) is 0 Å². The van der Waals surface area contributed by atoms with Gasteiger partial charge in [0.15, 0.2) is 5.63 Å². The summed E-state index contributed by atoms with van der Waals surface area (Å²) in [7, 11) is 0. The van der Waals surface area contributed by atoms with Gasteiger partial charge in [-0.2, -0.15) is 0 Å². The van der Waals surface area contributed by atoms with Gasteiger partial charge in [-0.05, 0) is 0 Å². The quantitative estimate of drug-likeness (QED) is 0.435. The second-order valence-electron chi connectivity index (χ2n) is 0.668. The number of rotatable bonds is 1. The van der Waals surface area contributed by atoms with Crippen LogP contribution in [0.3, 0.4) is 0 Å². The zero-order valence-corrected chi connectivity index (χ0v) is 3.67. The summed E-state index contributed by atoms with van der Waals surface area (Å²) in [5, 5.41) is 0. The molecule has 0 fully saturated rings. The Bertz CT molecular complexity index is 20.9. The fourth-order valence-corrected chi connectivity index (χ4v) is 0. The van der Waals surface area contributed by atoms with Gasteiger partial charge < -0.3 is 0 Å². The van der Waals surface area contributed by atoms with Gasteiger partial charge in [0, 0.05) is 6.42 Å². The van der Waals surface area contributed by atoms with E-state index in [1.54, 1.807) is 6.92 Å². The first-order chi connectivity index (χ1) is 2.27. The SMILES string of the molecule is C[CH]C(F)Cl. The summed E-state index contributed by atoms with van der Waals surface area (Å²) in [6.45, 7) is 1.57. The molecule has 0 aliphatic heterocycles. The molecule has 0 rings (SSSR count). The predicted molar refractivity (Wildman–Crippen MR) is 20.7 cm³/mol. The molecule has 0 spiro atoms. The van der Waals surface area contributed by atoms with Crippen LogP contribution in [0.15, 0.2) is 0 Å². The minimum atomic E-state index is -1.27. The van der Waals surface area contributed by atoms with Gasteiger partial charge in [-0.3, -0.25) is 0 Å². The van der Waals surface area contributed by atoms with Crippen molar-refractivity contribution in [3.8, 4) is 0 Å². The lowest BCUT2D eigenvalue weighted by Crippen LogP contribution is -1.79. The van der Waals surface area contributed by atoms with Crippen LogP contribution < -0.4 is 0 Å². The Morgan fingerprint density at radius 2 is 2.20 bits per heavy atom. The van der Waals surface area contributed by atoms with Gasteiger partial charge >= 0.3 is 0 Å². The van der Waals surface area contributed by atoms with E-state index in [0.717, 1.165) is 0 Å². The van der Waals surface area contributed by atoms with Gasteiger partial charge in [0.2, 0.25) is 0 Å². The molecular formula is C3H5ClF. The van der Waals surface area contributed by atoms with Crippen LogP contribution in [-0.2, 0) is 0 Å². The maximum atomic E-state index is 11.1. The van der Waals surface area contributed by atoms with Crippen molar-refractivity contribution in [3.05, 3.63) is 6.42 Å². The van der Waals surface area contributed by atoms with Crippen LogP contribution in [0.4, 0.5) is 4.39 Å². The smallest absolute Gasteiger partial charge is 0.176 e. The van der Waals surface area contributed by atoms with E-state index < -0.39 is 5.63 Å². The van der Waals surface area contributed by atoms with Crippen molar-refractivity contribution < 1.29 is 4.39 Å². The van der Waals surface area contributed by atoms with Crippen LogP contribution >= 0.6 is 11.6 Å². The summed E-state index contributed by atoms with van der Waals surface area (Å²) in [4.78, 5) is 0. The molecule has 0 aromatic heterocycles. The van der Waals surface area contributed by atoms with E-state index in [1.165, 1.54) is 6.42 Å². The number of halogens is 2. The lowest BCUT2D eigenvalue weighted by Gasteiger charge is -1.82. The Morgan fingerprint density at radius 3 is 2.20 bits per heavy atom. The van der Waals surface area contributed by atoms with E-state index in [-0.39, 0.29) is 0 Å². The molecule has 0 aromatic rings. The standard InChI is InChI=1S/C3H5ClF/c1-2-3(4)5/h2-3H,1H3. The Kier molecular flexibility index (Phi) is 2.57. The van der Waals surface area contributed by atoms with Crippen LogP contribution in [0.5, 0.6) is 0 Å². The Balaban J connectivity index is 2.54. The Morgan fingerprint density at radius 1 is 2.00 bits per heavy atom. The van der Waals surface area contributed by atoms with Gasteiger partial charge in [0.1, 0.15) is 0 Å². The molecule has 0 N–H and O–H groups in total. The molecule has 31 valence electrons. The molecule has 0 aliphatic carbocycles. The maximum Gasteiger partial charge on any atom is 0.176 e. The van der Waals surface area contributed by atoms with Gasteiger partial charge in [-0.1, -0.05) is 18.5 Å². The maximum absolute atomic E-state index is 11.1. The normalized spacial score (nSPS) is 15.0. The van der Waals surface area contributed by atoms with Gasteiger partial charge in [0.25, 0.3) is 0 Å². The average molecular weight is 95.5 g/mol. The summed E-state index contributed by atoms with van der Waals surface area (Å²) in [6, 6.07) is 0. The fourth-order valence-electron chi connectivity index (χ4n) is 0. The van der Waals surface area contributed by atoms with Gasteiger partial charge in [0.05, 0.1) is 0 Å². The topological polar surface area (TPSA) is 0 Å². The van der Waals surface area contributed by atoms with E-state index in [2.05, 4.69) is 0 Å². The number of hydrogen-bond donors (Lipinski definition) is 0. The van der Waals surface area contributed by atoms with Crippen molar-refractivity contribution in [2.24, 2.45) is 0 Å². The van der Waals surface area contributed by atoms with E-state index in [1.807, 2.05) is 0 Å². The summed E-state index contributed by atoms with van der Waals surface area (Å²) in [5.74, 6) is 0. The third-order valence-electron chi connectivity index (χ3n) is 0.252. The second kappa shape index (κ2) is 2.46. The van der Waals surface area contributed by atoms with Crippen molar-refractivity contribution in [2.45, 2.75) is 12.6 Å². The van der Waals surface area contributed by atoms with Crippen LogP contribution in [0.1, 0.15) is 6.92 Å². The van der Waals surface area contributed by atoms with Crippen LogP contribution in [0, 0.1) is 6.42 Å². The summed E-state index contributed by atoms with van der Waals surface area (Å²) in [6.07, 6.45) is 1.27. The highest BCUT2D eigenvalue weighted by Crippen LogP contribution is 1.97. The van der Waals surface area contributed by atoms with Crippen LogP contribution in [0.25, 0.3) is 0 Å². The Hall–Kier alpha value is 0.220. The van der Waals surface area contributed by atoms with Crippen molar-refractivity contribution >= 4 is 11.6 Å². The molecule has 0 saturated heterocycles. The predicted octanol–water partition coefficient (Wildman–Crippen LogP) is 1.74. The molecular weight excluding hydrogens is 90.5 g/mol. The molecule has 0 nitrogen and oxygen atoms in total. The van der Waals surface area contributed by atoms with E-state index in [4.69, 9.17) is 11.6 Å². The third-order valence-corrected chi connectivity index (χ3v) is 0.504. The van der Waals surface area contributed by atoms with Crippen molar-refractivity contribution in [3.63, 3.8) is 0 Å². The first-order valence-electron chi connectivity index (χ1n) is 1.35. The van der Waals surface area contributed by atoms with Crippen molar-refractivity contribution in [1.29, 1.82) is 0 Å². The third kappa shape index (κ3) is 4.22. The molecule has 5 heavy (non-hydrogen) atoms. The molecule has 0 saturated carbocycles. The summed E-state index contributed by atoms with van der Waals surface area (Å²) in [5.41, 5.74) is -1.27. The highest BCUT2D eigenvalue weighted by atomic mass is 35.5. The molecule has 1 unspecified atom stereocenters. The molecule has 0 bridgehead atoms. The minimum absolute atomic E-state index is 1.27. The van der Waals surface area contributed by atoms with Gasteiger partial charge in [-0.25, -0.2) is 4.39 Å². The highest BCUT2D eigenvalue weighted by molar-refractivity contribution is 6.20. The summed E-state index contributed by atoms with van der Waals surface area (Å²) < 4.78 is 11.1. The zero-order valence-electron chi connectivity index (χ0n) is 2.91. The fraction of sp³-hybridized carbons (Fsp3) is 0.667. The first kappa shape index (κ1) is 5.22. The summed E-state index contributed by atoms with van der Waals surface area (Å²) >= 11 is 4.74. The van der Waals surface area contributed by atoms with E-state index >= 15 is 0 Å². The average Bonchev–Trinajstić information content (AvgIpc) is 1.38. The molecule has 0 amide bonds. The first-order valence-corrected chi connectivity index (χ1v) is 1.78. The number of hydrogen-bond acceptors (Lipinski definition) is 0. The molecule has 0 aliphatic rings. The van der Waals surface area contributed by atoms with E-state index in [0.29, 0.717) is 0 Å². The molecule has 0 aromatic carbocycles. The minimum Gasteiger partial charge on any atom is -0.230 e. The lowest BCUT2D eigenvalue weighted by atomic mass is 10.6. The molecule has 2 heteroatoms. The zero-order chi connectivity index (χ0) is 4.28. The lowest BCUT2D eigenvalue weighted by molar-refractivity contribution is 0.489. The monoisotopic (exact) mass is 95.0 g/mol. The van der Waals surface area contributed by atoms with E-state index in [9.17, 15) is 4.39 Å². The largest absolute Gasteiger partial charge is 0.230 e. The number of alkyl halides is 2.